The summed E-state index contributed by atoms with van der Waals surface area (Å²) in [4.78, 5) is 0. The molecular weight excluding hydrogens is 241 g/mol. The van der Waals surface area contributed by atoms with Crippen LogP contribution in [0.4, 0.5) is 4.39 Å². The Bertz CT molecular complexity index is 431. The minimum Gasteiger partial charge on any atom is -0.486 e. The summed E-state index contributed by atoms with van der Waals surface area (Å²) in [5.41, 5.74) is 0.896. The van der Waals surface area contributed by atoms with Gasteiger partial charge in [0.1, 0.15) is 17.7 Å². The van der Waals surface area contributed by atoms with Gasteiger partial charge < -0.3 is 10.1 Å². The van der Waals surface area contributed by atoms with Gasteiger partial charge in [0, 0.05) is 12.1 Å². The SMILES string of the molecule is CCCNCc1cc(F)ccc1OC1C=CCCC1. The molecule has 2 nitrogen and oxygen atoms in total. The molecule has 0 aliphatic heterocycles. The molecule has 0 amide bonds. The number of allylic oxidation sites excluding steroid dienone is 1. The summed E-state index contributed by atoms with van der Waals surface area (Å²) in [7, 11) is 0. The van der Waals surface area contributed by atoms with Crippen molar-refractivity contribution in [2.24, 2.45) is 0 Å². The van der Waals surface area contributed by atoms with E-state index in [0.29, 0.717) is 6.54 Å². The second-order valence-corrected chi connectivity index (χ2v) is 4.94. The fourth-order valence-electron chi connectivity index (χ4n) is 2.24. The van der Waals surface area contributed by atoms with Gasteiger partial charge in [-0.3, -0.25) is 0 Å². The first-order valence-corrected chi connectivity index (χ1v) is 7.12. The predicted octanol–water partition coefficient (Wildman–Crippen LogP) is 3.81. The number of ether oxygens (including phenoxy) is 1. The van der Waals surface area contributed by atoms with Crippen molar-refractivity contribution in [2.75, 3.05) is 6.54 Å². The molecule has 3 heteroatoms. The van der Waals surface area contributed by atoms with Crippen LogP contribution in [0.1, 0.15) is 38.2 Å². The lowest BCUT2D eigenvalue weighted by molar-refractivity contribution is 0.227. The van der Waals surface area contributed by atoms with Gasteiger partial charge in [-0.25, -0.2) is 4.39 Å². The van der Waals surface area contributed by atoms with Crippen molar-refractivity contribution in [3.05, 3.63) is 41.7 Å². The van der Waals surface area contributed by atoms with Crippen LogP contribution in [0.25, 0.3) is 0 Å². The molecule has 1 N–H and O–H groups in total. The molecule has 104 valence electrons. The number of hydrogen-bond acceptors (Lipinski definition) is 2. The third-order valence-corrected chi connectivity index (χ3v) is 3.25. The Balaban J connectivity index is 2.04. The molecule has 1 aliphatic rings. The second kappa shape index (κ2) is 7.29. The first kappa shape index (κ1) is 14.1. The van der Waals surface area contributed by atoms with E-state index in [1.165, 1.54) is 6.07 Å². The summed E-state index contributed by atoms with van der Waals surface area (Å²) >= 11 is 0. The molecule has 1 aliphatic carbocycles. The number of benzene rings is 1. The molecule has 2 rings (SSSR count). The topological polar surface area (TPSA) is 21.3 Å². The summed E-state index contributed by atoms with van der Waals surface area (Å²) in [5, 5.41) is 3.29. The average Bonchev–Trinajstić information content (AvgIpc) is 2.43. The summed E-state index contributed by atoms with van der Waals surface area (Å²) in [6, 6.07) is 4.76. The van der Waals surface area contributed by atoms with Crippen LogP contribution in [-0.4, -0.2) is 12.6 Å². The molecule has 1 aromatic rings. The van der Waals surface area contributed by atoms with Gasteiger partial charge in [0.05, 0.1) is 0 Å². The fraction of sp³-hybridized carbons (Fsp3) is 0.500. The predicted molar refractivity (Wildman–Crippen MR) is 75.8 cm³/mol. The molecule has 1 aromatic carbocycles. The molecular formula is C16H22FNO. The Hall–Kier alpha value is -1.35. The summed E-state index contributed by atoms with van der Waals surface area (Å²) < 4.78 is 19.3. The lowest BCUT2D eigenvalue weighted by Crippen LogP contribution is -2.19. The number of hydrogen-bond donors (Lipinski definition) is 1. The molecule has 0 saturated carbocycles. The summed E-state index contributed by atoms with van der Waals surface area (Å²) in [6.45, 7) is 3.69. The van der Waals surface area contributed by atoms with Gasteiger partial charge in [0.15, 0.2) is 0 Å². The van der Waals surface area contributed by atoms with Gasteiger partial charge in [-0.2, -0.15) is 0 Å². The maximum atomic E-state index is 13.3. The third kappa shape index (κ3) is 4.35. The van der Waals surface area contributed by atoms with Crippen molar-refractivity contribution in [2.45, 2.75) is 45.3 Å². The molecule has 1 atom stereocenters. The van der Waals surface area contributed by atoms with Gasteiger partial charge in [-0.05, 0) is 56.5 Å². The van der Waals surface area contributed by atoms with Crippen LogP contribution in [0.3, 0.4) is 0 Å². The minimum atomic E-state index is -0.208. The van der Waals surface area contributed by atoms with Crippen molar-refractivity contribution in [1.82, 2.24) is 5.32 Å². The molecule has 0 radical (unpaired) electrons. The average molecular weight is 263 g/mol. The van der Waals surface area contributed by atoms with Crippen LogP contribution >= 0.6 is 0 Å². The molecule has 0 heterocycles. The number of halogens is 1. The van der Waals surface area contributed by atoms with Crippen LogP contribution < -0.4 is 10.1 Å². The quantitative estimate of drug-likeness (QED) is 0.622. The van der Waals surface area contributed by atoms with Crippen LogP contribution in [0.5, 0.6) is 5.75 Å². The molecule has 0 fully saturated rings. The Morgan fingerprint density at radius 3 is 3.05 bits per heavy atom. The van der Waals surface area contributed by atoms with Crippen LogP contribution in [0.2, 0.25) is 0 Å². The highest BCUT2D eigenvalue weighted by atomic mass is 19.1. The van der Waals surface area contributed by atoms with Crippen molar-refractivity contribution < 1.29 is 9.13 Å². The van der Waals surface area contributed by atoms with Crippen LogP contribution in [0, 0.1) is 5.82 Å². The zero-order chi connectivity index (χ0) is 13.5. The van der Waals surface area contributed by atoms with Crippen LogP contribution in [-0.2, 0) is 6.54 Å². The standard InChI is InChI=1S/C16H22FNO/c1-2-10-18-12-13-11-14(17)8-9-16(13)19-15-6-4-3-5-7-15/h4,6,8-9,11,15,18H,2-3,5,7,10,12H2,1H3. The van der Waals surface area contributed by atoms with E-state index in [4.69, 9.17) is 4.74 Å². The lowest BCUT2D eigenvalue weighted by Gasteiger charge is -2.20. The van der Waals surface area contributed by atoms with Crippen molar-refractivity contribution >= 4 is 0 Å². The highest BCUT2D eigenvalue weighted by Crippen LogP contribution is 2.24. The van der Waals surface area contributed by atoms with Gasteiger partial charge in [0.2, 0.25) is 0 Å². The van der Waals surface area contributed by atoms with Gasteiger partial charge in [-0.1, -0.05) is 13.0 Å². The molecule has 0 aromatic heterocycles. The highest BCUT2D eigenvalue weighted by molar-refractivity contribution is 5.34. The van der Waals surface area contributed by atoms with Gasteiger partial charge in [-0.15, -0.1) is 0 Å². The summed E-state index contributed by atoms with van der Waals surface area (Å²) in [5.74, 6) is 0.585. The molecule has 0 saturated heterocycles. The van der Waals surface area contributed by atoms with E-state index in [2.05, 4.69) is 24.4 Å². The van der Waals surface area contributed by atoms with Gasteiger partial charge in [0.25, 0.3) is 0 Å². The van der Waals surface area contributed by atoms with E-state index >= 15 is 0 Å². The van der Waals surface area contributed by atoms with Crippen molar-refractivity contribution in [3.8, 4) is 5.75 Å². The largest absolute Gasteiger partial charge is 0.486 e. The maximum absolute atomic E-state index is 13.3. The Labute approximate surface area is 114 Å². The minimum absolute atomic E-state index is 0.129. The van der Waals surface area contributed by atoms with E-state index in [0.717, 1.165) is 43.5 Å². The fourth-order valence-corrected chi connectivity index (χ4v) is 2.24. The van der Waals surface area contributed by atoms with E-state index in [9.17, 15) is 4.39 Å². The highest BCUT2D eigenvalue weighted by Gasteiger charge is 2.13. The molecule has 1 unspecified atom stereocenters. The van der Waals surface area contributed by atoms with Crippen molar-refractivity contribution in [1.29, 1.82) is 0 Å². The van der Waals surface area contributed by atoms with E-state index in [1.807, 2.05) is 0 Å². The van der Waals surface area contributed by atoms with Crippen LogP contribution in [0.15, 0.2) is 30.4 Å². The van der Waals surface area contributed by atoms with Gasteiger partial charge >= 0.3 is 0 Å². The first-order chi connectivity index (χ1) is 9.29. The normalized spacial score (nSPS) is 18.5. The zero-order valence-corrected chi connectivity index (χ0v) is 11.5. The maximum Gasteiger partial charge on any atom is 0.124 e. The number of rotatable bonds is 6. The first-order valence-electron chi connectivity index (χ1n) is 7.12. The Morgan fingerprint density at radius 1 is 1.42 bits per heavy atom. The van der Waals surface area contributed by atoms with E-state index < -0.39 is 0 Å². The Kier molecular flexibility index (Phi) is 5.40. The summed E-state index contributed by atoms with van der Waals surface area (Å²) in [6.07, 6.45) is 8.79. The number of nitrogens with one attached hydrogen (secondary N) is 1. The van der Waals surface area contributed by atoms with E-state index in [1.54, 1.807) is 12.1 Å². The smallest absolute Gasteiger partial charge is 0.124 e. The molecule has 0 bridgehead atoms. The molecule has 0 spiro atoms. The zero-order valence-electron chi connectivity index (χ0n) is 11.5. The van der Waals surface area contributed by atoms with Crippen molar-refractivity contribution in [3.63, 3.8) is 0 Å². The second-order valence-electron chi connectivity index (χ2n) is 4.94. The monoisotopic (exact) mass is 263 g/mol. The Morgan fingerprint density at radius 2 is 2.32 bits per heavy atom. The molecule has 19 heavy (non-hydrogen) atoms. The van der Waals surface area contributed by atoms with E-state index in [-0.39, 0.29) is 11.9 Å². The third-order valence-electron chi connectivity index (χ3n) is 3.25. The lowest BCUT2D eigenvalue weighted by atomic mass is 10.1.